The molecular weight excluding hydrogens is 394 g/mol. The minimum Gasteiger partial charge on any atom is -0.390 e. The molecule has 0 amide bonds. The summed E-state index contributed by atoms with van der Waals surface area (Å²) in [6.45, 7) is 4.80. The Morgan fingerprint density at radius 2 is 1.28 bits per heavy atom. The summed E-state index contributed by atoms with van der Waals surface area (Å²) >= 11 is 0. The van der Waals surface area contributed by atoms with E-state index in [2.05, 4.69) is 42.2 Å². The maximum Gasteiger partial charge on any atom is 0.0679 e. The lowest BCUT2D eigenvalue weighted by Gasteiger charge is -2.52. The molecular formula is C29H49NO2. The van der Waals surface area contributed by atoms with E-state index in [-0.39, 0.29) is 0 Å². The molecule has 3 rings (SSSR count). The number of nitrogens with zero attached hydrogens (tertiary/aromatic N) is 1. The molecule has 1 aromatic carbocycles. The molecule has 2 aliphatic heterocycles. The van der Waals surface area contributed by atoms with Crippen LogP contribution in [0.15, 0.2) is 30.3 Å². The van der Waals surface area contributed by atoms with Gasteiger partial charge in [0.1, 0.15) is 0 Å². The Kier molecular flexibility index (Phi) is 11.6. The third kappa shape index (κ3) is 8.80. The van der Waals surface area contributed by atoms with E-state index >= 15 is 0 Å². The zero-order valence-corrected chi connectivity index (χ0v) is 20.8. The van der Waals surface area contributed by atoms with Crippen molar-refractivity contribution in [1.82, 2.24) is 4.90 Å². The third-order valence-electron chi connectivity index (χ3n) is 7.74. The van der Waals surface area contributed by atoms with Gasteiger partial charge in [0.05, 0.1) is 18.8 Å². The van der Waals surface area contributed by atoms with Crippen molar-refractivity contribution >= 4 is 0 Å². The fraction of sp³-hybridized carbons (Fsp3) is 0.793. The van der Waals surface area contributed by atoms with Crippen LogP contribution in [0.5, 0.6) is 0 Å². The Balaban J connectivity index is 1.25. The van der Waals surface area contributed by atoms with Gasteiger partial charge in [-0.25, -0.2) is 0 Å². The number of benzene rings is 1. The van der Waals surface area contributed by atoms with Crippen molar-refractivity contribution in [2.75, 3.05) is 13.2 Å². The number of ether oxygens (including phenoxy) is 1. The van der Waals surface area contributed by atoms with E-state index < -0.39 is 5.60 Å². The number of hydrogen-bond acceptors (Lipinski definition) is 3. The lowest BCUT2D eigenvalue weighted by molar-refractivity contribution is -0.148. The zero-order valence-electron chi connectivity index (χ0n) is 20.8. The Labute approximate surface area is 197 Å². The van der Waals surface area contributed by atoms with Crippen LogP contribution < -0.4 is 0 Å². The van der Waals surface area contributed by atoms with Gasteiger partial charge in [-0.15, -0.1) is 0 Å². The van der Waals surface area contributed by atoms with Crippen molar-refractivity contribution in [3.05, 3.63) is 35.9 Å². The van der Waals surface area contributed by atoms with Gasteiger partial charge in [-0.1, -0.05) is 121 Å². The largest absolute Gasteiger partial charge is 0.390 e. The Bertz CT molecular complexity index is 590. The van der Waals surface area contributed by atoms with Gasteiger partial charge >= 0.3 is 0 Å². The second kappa shape index (κ2) is 14.4. The van der Waals surface area contributed by atoms with Crippen LogP contribution in [0, 0.1) is 0 Å². The summed E-state index contributed by atoms with van der Waals surface area (Å²) < 4.78 is 5.87. The normalized spacial score (nSPS) is 25.8. The summed E-state index contributed by atoms with van der Waals surface area (Å²) in [5.41, 5.74) is 0.885. The molecule has 2 unspecified atom stereocenters. The average Bonchev–Trinajstić information content (AvgIpc) is 2.78. The highest BCUT2D eigenvalue weighted by molar-refractivity contribution is 5.15. The van der Waals surface area contributed by atoms with E-state index in [4.69, 9.17) is 4.74 Å². The highest BCUT2D eigenvalue weighted by atomic mass is 16.5. The van der Waals surface area contributed by atoms with E-state index in [9.17, 15) is 5.11 Å². The summed E-state index contributed by atoms with van der Waals surface area (Å²) in [5, 5.41) is 11.4. The van der Waals surface area contributed by atoms with Gasteiger partial charge in [-0.3, -0.25) is 4.90 Å². The van der Waals surface area contributed by atoms with Gasteiger partial charge in [0.2, 0.25) is 0 Å². The first-order valence-corrected chi connectivity index (χ1v) is 13.8. The van der Waals surface area contributed by atoms with Crippen molar-refractivity contribution < 1.29 is 9.84 Å². The highest BCUT2D eigenvalue weighted by Crippen LogP contribution is 2.38. The zero-order chi connectivity index (χ0) is 22.5. The van der Waals surface area contributed by atoms with Crippen LogP contribution >= 0.6 is 0 Å². The van der Waals surface area contributed by atoms with Gasteiger partial charge in [0.25, 0.3) is 0 Å². The fourth-order valence-electron chi connectivity index (χ4n) is 5.87. The van der Waals surface area contributed by atoms with Gasteiger partial charge in [0.15, 0.2) is 0 Å². The van der Waals surface area contributed by atoms with Crippen LogP contribution in [-0.2, 0) is 11.3 Å². The van der Waals surface area contributed by atoms with Crippen LogP contribution in [0.3, 0.4) is 0 Å². The topological polar surface area (TPSA) is 32.7 Å². The highest BCUT2D eigenvalue weighted by Gasteiger charge is 2.45. The van der Waals surface area contributed by atoms with E-state index in [0.717, 1.165) is 39.0 Å². The van der Waals surface area contributed by atoms with Gasteiger partial charge in [-0.05, 0) is 24.8 Å². The van der Waals surface area contributed by atoms with Crippen molar-refractivity contribution in [2.24, 2.45) is 0 Å². The first kappa shape index (κ1) is 25.7. The molecule has 0 aliphatic carbocycles. The van der Waals surface area contributed by atoms with Gasteiger partial charge < -0.3 is 9.84 Å². The molecule has 2 atom stereocenters. The van der Waals surface area contributed by atoms with E-state index in [1.165, 1.54) is 89.0 Å². The van der Waals surface area contributed by atoms with E-state index in [1.54, 1.807) is 0 Å². The van der Waals surface area contributed by atoms with Crippen LogP contribution in [0.1, 0.15) is 115 Å². The number of fused-ring (bicyclic) bond motifs is 2. The number of piperidine rings is 1. The lowest BCUT2D eigenvalue weighted by Crippen LogP contribution is -2.61. The SMILES string of the molecule is CCCCCCCCCCCCCCCC1(O)CC2COCC(C1)N2Cc1ccccc1. The molecule has 2 saturated heterocycles. The number of unbranched alkanes of at least 4 members (excludes halogenated alkanes) is 12. The third-order valence-corrected chi connectivity index (χ3v) is 7.74. The van der Waals surface area contributed by atoms with Crippen LogP contribution in [0.25, 0.3) is 0 Å². The summed E-state index contributed by atoms with van der Waals surface area (Å²) in [5.74, 6) is 0. The predicted molar refractivity (Wildman–Crippen MR) is 135 cm³/mol. The number of morpholine rings is 1. The molecule has 0 radical (unpaired) electrons. The molecule has 0 spiro atoms. The minimum atomic E-state index is -0.482. The number of hydrogen-bond donors (Lipinski definition) is 1. The molecule has 1 aromatic rings. The molecule has 182 valence electrons. The first-order chi connectivity index (χ1) is 15.7. The maximum absolute atomic E-state index is 11.4. The first-order valence-electron chi connectivity index (χ1n) is 13.8. The van der Waals surface area contributed by atoms with E-state index in [1.807, 2.05) is 0 Å². The fourth-order valence-corrected chi connectivity index (χ4v) is 5.87. The Morgan fingerprint density at radius 3 is 1.81 bits per heavy atom. The van der Waals surface area contributed by atoms with E-state index in [0.29, 0.717) is 12.1 Å². The second-order valence-corrected chi connectivity index (χ2v) is 10.6. The molecule has 2 bridgehead atoms. The van der Waals surface area contributed by atoms with Gasteiger partial charge in [0, 0.05) is 18.6 Å². The molecule has 0 saturated carbocycles. The summed E-state index contributed by atoms with van der Waals surface area (Å²) in [6.07, 6.45) is 20.6. The van der Waals surface area contributed by atoms with Gasteiger partial charge in [-0.2, -0.15) is 0 Å². The quantitative estimate of drug-likeness (QED) is 0.273. The molecule has 3 nitrogen and oxygen atoms in total. The molecule has 2 heterocycles. The summed E-state index contributed by atoms with van der Waals surface area (Å²) in [7, 11) is 0. The standard InChI is InChI=1S/C29H49NO2/c1-2-3-4-5-6-7-8-9-10-11-12-13-17-20-29(31)21-27-24-32-25-28(22-29)30(27)23-26-18-15-14-16-19-26/h14-16,18-19,27-28,31H,2-13,17,20-25H2,1H3. The second-order valence-electron chi connectivity index (χ2n) is 10.6. The maximum atomic E-state index is 11.4. The molecule has 1 N–H and O–H groups in total. The summed E-state index contributed by atoms with van der Waals surface area (Å²) in [6, 6.07) is 11.5. The number of aliphatic hydroxyl groups is 1. The van der Waals surface area contributed by atoms with Crippen molar-refractivity contribution in [1.29, 1.82) is 0 Å². The van der Waals surface area contributed by atoms with Crippen molar-refractivity contribution in [3.8, 4) is 0 Å². The average molecular weight is 444 g/mol. The van der Waals surface area contributed by atoms with Crippen LogP contribution in [0.4, 0.5) is 0 Å². The predicted octanol–water partition coefficient (Wildman–Crippen LogP) is 7.26. The summed E-state index contributed by atoms with van der Waals surface area (Å²) in [4.78, 5) is 2.59. The molecule has 2 aliphatic rings. The molecule has 3 heteroatoms. The monoisotopic (exact) mass is 443 g/mol. The Hall–Kier alpha value is -0.900. The van der Waals surface area contributed by atoms with Crippen LogP contribution in [0.2, 0.25) is 0 Å². The Morgan fingerprint density at radius 1 is 0.781 bits per heavy atom. The minimum absolute atomic E-state index is 0.356. The molecule has 32 heavy (non-hydrogen) atoms. The molecule has 0 aromatic heterocycles. The molecule has 2 fully saturated rings. The number of rotatable bonds is 16. The van der Waals surface area contributed by atoms with Crippen molar-refractivity contribution in [2.45, 2.75) is 134 Å². The van der Waals surface area contributed by atoms with Crippen molar-refractivity contribution in [3.63, 3.8) is 0 Å². The lowest BCUT2D eigenvalue weighted by atomic mass is 9.78. The van der Waals surface area contributed by atoms with Crippen LogP contribution in [-0.4, -0.2) is 40.9 Å². The smallest absolute Gasteiger partial charge is 0.0679 e.